The molecule has 1 heterocycles. The summed E-state index contributed by atoms with van der Waals surface area (Å²) in [6.07, 6.45) is 5.31. The molecule has 0 aromatic carbocycles. The van der Waals surface area contributed by atoms with Crippen LogP contribution in [0.3, 0.4) is 0 Å². The molecule has 1 saturated heterocycles. The first-order valence-corrected chi connectivity index (χ1v) is 5.09. The molecule has 1 rings (SSSR count). The van der Waals surface area contributed by atoms with Gasteiger partial charge in [-0.15, -0.1) is 0 Å². The first kappa shape index (κ1) is 10.0. The number of aliphatic hydroxyl groups is 1. The monoisotopic (exact) mass is 171 g/mol. The van der Waals surface area contributed by atoms with Gasteiger partial charge >= 0.3 is 0 Å². The van der Waals surface area contributed by atoms with Crippen molar-refractivity contribution < 1.29 is 5.11 Å². The maximum absolute atomic E-state index is 9.63. The first-order valence-electron chi connectivity index (χ1n) is 5.09. The van der Waals surface area contributed by atoms with Crippen LogP contribution < -0.4 is 5.32 Å². The Morgan fingerprint density at radius 1 is 1.58 bits per heavy atom. The predicted octanol–water partition coefficient (Wildman–Crippen LogP) is 1.68. The van der Waals surface area contributed by atoms with Gasteiger partial charge in [-0.2, -0.15) is 0 Å². The fourth-order valence-corrected chi connectivity index (χ4v) is 2.09. The molecule has 0 radical (unpaired) electrons. The molecule has 0 bridgehead atoms. The van der Waals surface area contributed by atoms with Crippen LogP contribution in [0.25, 0.3) is 0 Å². The van der Waals surface area contributed by atoms with E-state index >= 15 is 0 Å². The molecule has 12 heavy (non-hydrogen) atoms. The number of hydrogen-bond acceptors (Lipinski definition) is 2. The molecule has 72 valence electrons. The largest absolute Gasteiger partial charge is 0.393 e. The minimum atomic E-state index is -0.106. The van der Waals surface area contributed by atoms with Crippen LogP contribution in [0.4, 0.5) is 0 Å². The van der Waals surface area contributed by atoms with E-state index in [1.54, 1.807) is 0 Å². The van der Waals surface area contributed by atoms with Gasteiger partial charge in [0.15, 0.2) is 0 Å². The minimum Gasteiger partial charge on any atom is -0.393 e. The van der Waals surface area contributed by atoms with Crippen molar-refractivity contribution in [2.24, 2.45) is 0 Å². The van der Waals surface area contributed by atoms with Gasteiger partial charge in [0, 0.05) is 5.54 Å². The molecule has 2 N–H and O–H groups in total. The molecule has 1 aliphatic rings. The Hall–Kier alpha value is -0.0800. The quantitative estimate of drug-likeness (QED) is 0.674. The van der Waals surface area contributed by atoms with Crippen LogP contribution in [0.2, 0.25) is 0 Å². The highest BCUT2D eigenvalue weighted by atomic mass is 16.3. The summed E-state index contributed by atoms with van der Waals surface area (Å²) in [7, 11) is 0. The summed E-state index contributed by atoms with van der Waals surface area (Å²) in [5, 5.41) is 13.1. The Kier molecular flexibility index (Phi) is 3.53. The van der Waals surface area contributed by atoms with Crippen LogP contribution in [-0.4, -0.2) is 23.3 Å². The van der Waals surface area contributed by atoms with Crippen molar-refractivity contribution in [1.29, 1.82) is 0 Å². The first-order chi connectivity index (χ1) is 5.66. The van der Waals surface area contributed by atoms with E-state index in [9.17, 15) is 5.11 Å². The van der Waals surface area contributed by atoms with E-state index < -0.39 is 0 Å². The molecule has 0 aromatic rings. The topological polar surface area (TPSA) is 32.3 Å². The Balaban J connectivity index is 2.28. The summed E-state index contributed by atoms with van der Waals surface area (Å²) < 4.78 is 0. The zero-order chi connectivity index (χ0) is 9.03. The number of aliphatic hydroxyl groups excluding tert-OH is 1. The molecule has 2 unspecified atom stereocenters. The highest BCUT2D eigenvalue weighted by Gasteiger charge is 2.29. The van der Waals surface area contributed by atoms with E-state index in [1.165, 1.54) is 12.8 Å². The van der Waals surface area contributed by atoms with Crippen LogP contribution >= 0.6 is 0 Å². The number of nitrogens with one attached hydrogen (secondary N) is 1. The SMILES string of the molecule is CCCC(O)CC1(C)CCCN1. The van der Waals surface area contributed by atoms with Gasteiger partial charge in [-0.3, -0.25) is 0 Å². The van der Waals surface area contributed by atoms with E-state index in [2.05, 4.69) is 19.2 Å². The zero-order valence-corrected chi connectivity index (χ0v) is 8.27. The van der Waals surface area contributed by atoms with Crippen molar-refractivity contribution in [3.05, 3.63) is 0 Å². The molecule has 2 heteroatoms. The standard InChI is InChI=1S/C10H21NO/c1-3-5-9(12)8-10(2)6-4-7-11-10/h9,11-12H,3-8H2,1-2H3. The normalized spacial score (nSPS) is 32.2. The molecule has 0 aromatic heterocycles. The second kappa shape index (κ2) is 4.24. The van der Waals surface area contributed by atoms with E-state index in [4.69, 9.17) is 0 Å². The summed E-state index contributed by atoms with van der Waals surface area (Å²) in [6, 6.07) is 0. The molecule has 2 nitrogen and oxygen atoms in total. The highest BCUT2D eigenvalue weighted by molar-refractivity contribution is 4.90. The number of rotatable bonds is 4. The summed E-state index contributed by atoms with van der Waals surface area (Å²) in [5.74, 6) is 0. The zero-order valence-electron chi connectivity index (χ0n) is 8.27. The molecular formula is C10H21NO. The summed E-state index contributed by atoms with van der Waals surface area (Å²) in [6.45, 7) is 5.46. The van der Waals surface area contributed by atoms with Gasteiger partial charge in [-0.05, 0) is 39.2 Å². The van der Waals surface area contributed by atoms with Crippen LogP contribution in [0.1, 0.15) is 46.0 Å². The molecule has 0 spiro atoms. The molecule has 1 aliphatic heterocycles. The number of hydrogen-bond donors (Lipinski definition) is 2. The molecule has 0 aliphatic carbocycles. The van der Waals surface area contributed by atoms with Gasteiger partial charge in [0.1, 0.15) is 0 Å². The third-order valence-corrected chi connectivity index (χ3v) is 2.77. The van der Waals surface area contributed by atoms with Crippen molar-refractivity contribution in [3.63, 3.8) is 0 Å². The average Bonchev–Trinajstić information content (AvgIpc) is 2.36. The van der Waals surface area contributed by atoms with Gasteiger partial charge in [-0.25, -0.2) is 0 Å². The van der Waals surface area contributed by atoms with Gasteiger partial charge in [0.2, 0.25) is 0 Å². The van der Waals surface area contributed by atoms with Crippen LogP contribution in [0.5, 0.6) is 0 Å². The highest BCUT2D eigenvalue weighted by Crippen LogP contribution is 2.24. The summed E-state index contributed by atoms with van der Waals surface area (Å²) in [5.41, 5.74) is 0.217. The molecule has 0 saturated carbocycles. The third kappa shape index (κ3) is 2.76. The Bertz CT molecular complexity index is 130. The lowest BCUT2D eigenvalue weighted by atomic mass is 9.91. The molecular weight excluding hydrogens is 150 g/mol. The van der Waals surface area contributed by atoms with Gasteiger partial charge in [0.25, 0.3) is 0 Å². The van der Waals surface area contributed by atoms with Crippen molar-refractivity contribution in [2.45, 2.75) is 57.6 Å². The third-order valence-electron chi connectivity index (χ3n) is 2.77. The summed E-state index contributed by atoms with van der Waals surface area (Å²) in [4.78, 5) is 0. The van der Waals surface area contributed by atoms with E-state index in [-0.39, 0.29) is 11.6 Å². The minimum absolute atomic E-state index is 0.106. The van der Waals surface area contributed by atoms with Crippen molar-refractivity contribution in [2.75, 3.05) is 6.54 Å². The van der Waals surface area contributed by atoms with E-state index in [1.807, 2.05) is 0 Å². The summed E-state index contributed by atoms with van der Waals surface area (Å²) >= 11 is 0. The molecule has 1 fully saturated rings. The average molecular weight is 171 g/mol. The lowest BCUT2D eigenvalue weighted by Gasteiger charge is -2.27. The fraction of sp³-hybridized carbons (Fsp3) is 1.00. The smallest absolute Gasteiger partial charge is 0.0557 e. The van der Waals surface area contributed by atoms with Crippen molar-refractivity contribution in [1.82, 2.24) is 5.32 Å². The van der Waals surface area contributed by atoms with E-state index in [0.29, 0.717) is 0 Å². The Morgan fingerprint density at radius 2 is 2.33 bits per heavy atom. The fourth-order valence-electron chi connectivity index (χ4n) is 2.09. The second-order valence-electron chi connectivity index (χ2n) is 4.24. The predicted molar refractivity (Wildman–Crippen MR) is 51.2 cm³/mol. The van der Waals surface area contributed by atoms with Crippen LogP contribution in [0, 0.1) is 0 Å². The van der Waals surface area contributed by atoms with Crippen LogP contribution in [-0.2, 0) is 0 Å². The van der Waals surface area contributed by atoms with Crippen LogP contribution in [0.15, 0.2) is 0 Å². The van der Waals surface area contributed by atoms with Crippen molar-refractivity contribution >= 4 is 0 Å². The second-order valence-corrected chi connectivity index (χ2v) is 4.24. The lowest BCUT2D eigenvalue weighted by molar-refractivity contribution is 0.120. The van der Waals surface area contributed by atoms with Gasteiger partial charge in [0.05, 0.1) is 6.10 Å². The Morgan fingerprint density at radius 3 is 2.83 bits per heavy atom. The van der Waals surface area contributed by atoms with Gasteiger partial charge < -0.3 is 10.4 Å². The van der Waals surface area contributed by atoms with Gasteiger partial charge in [-0.1, -0.05) is 13.3 Å². The van der Waals surface area contributed by atoms with Crippen molar-refractivity contribution in [3.8, 4) is 0 Å². The maximum atomic E-state index is 9.63. The lowest BCUT2D eigenvalue weighted by Crippen LogP contribution is -2.39. The Labute approximate surface area is 75.4 Å². The van der Waals surface area contributed by atoms with E-state index in [0.717, 1.165) is 25.8 Å². The molecule has 2 atom stereocenters. The maximum Gasteiger partial charge on any atom is 0.0557 e. The molecule has 0 amide bonds.